The van der Waals surface area contributed by atoms with E-state index in [1.165, 1.54) is 29.2 Å². The Labute approximate surface area is 118 Å². The van der Waals surface area contributed by atoms with Gasteiger partial charge in [0.1, 0.15) is 5.75 Å². The monoisotopic (exact) mass is 261 g/mol. The van der Waals surface area contributed by atoms with E-state index in [4.69, 9.17) is 4.74 Å². The molecule has 1 saturated carbocycles. The third-order valence-electron chi connectivity index (χ3n) is 3.76. The van der Waals surface area contributed by atoms with Crippen molar-refractivity contribution in [2.45, 2.75) is 18.8 Å². The van der Waals surface area contributed by atoms with Crippen LogP contribution in [0.4, 0.5) is 0 Å². The highest BCUT2D eigenvalue weighted by atomic mass is 16.5. The molecule has 0 spiro atoms. The number of aromatic nitrogens is 1. The van der Waals surface area contributed by atoms with Gasteiger partial charge in [-0.1, -0.05) is 36.4 Å². The van der Waals surface area contributed by atoms with Crippen LogP contribution in [0.3, 0.4) is 0 Å². The van der Waals surface area contributed by atoms with Gasteiger partial charge in [-0.2, -0.15) is 0 Å². The summed E-state index contributed by atoms with van der Waals surface area (Å²) < 4.78 is 5.79. The lowest BCUT2D eigenvalue weighted by Gasteiger charge is -2.08. The number of nitrogens with zero attached hydrogens (tertiary/aromatic N) is 1. The molecule has 0 amide bonds. The van der Waals surface area contributed by atoms with Gasteiger partial charge in [-0.25, -0.2) is 4.98 Å². The summed E-state index contributed by atoms with van der Waals surface area (Å²) in [6.07, 6.45) is 4.56. The highest BCUT2D eigenvalue weighted by molar-refractivity contribution is 5.86. The number of pyridine rings is 1. The molecule has 1 aliphatic rings. The van der Waals surface area contributed by atoms with Crippen LogP contribution in [0.2, 0.25) is 0 Å². The molecule has 0 radical (unpaired) electrons. The van der Waals surface area contributed by atoms with Gasteiger partial charge in [0.15, 0.2) is 0 Å². The molecule has 2 nitrogen and oxygen atoms in total. The van der Waals surface area contributed by atoms with Crippen LogP contribution in [0, 0.1) is 0 Å². The van der Waals surface area contributed by atoms with Crippen molar-refractivity contribution < 1.29 is 4.74 Å². The first-order chi connectivity index (χ1) is 9.90. The summed E-state index contributed by atoms with van der Waals surface area (Å²) >= 11 is 0. The molecular formula is C18H15NO. The van der Waals surface area contributed by atoms with Gasteiger partial charge in [0.05, 0.1) is 0 Å². The second-order valence-electron chi connectivity index (χ2n) is 5.28. The Morgan fingerprint density at radius 3 is 2.60 bits per heavy atom. The first kappa shape index (κ1) is 11.5. The van der Waals surface area contributed by atoms with E-state index < -0.39 is 0 Å². The van der Waals surface area contributed by atoms with E-state index in [1.54, 1.807) is 0 Å². The molecule has 3 aromatic rings. The number of para-hydroxylation sites is 1. The van der Waals surface area contributed by atoms with Crippen molar-refractivity contribution in [2.24, 2.45) is 0 Å². The summed E-state index contributed by atoms with van der Waals surface area (Å²) in [6.45, 7) is 0. The standard InChI is InChI=1S/C18H15NO/c1-2-6-15(7-3-1)20-18-11-14-5-4-8-16(13-9-10-13)17(14)12-19-18/h1-8,11-13H,9-10H2. The number of hydrogen-bond acceptors (Lipinski definition) is 2. The SMILES string of the molecule is c1ccc(Oc2cc3cccc(C4CC4)c3cn2)cc1. The average Bonchev–Trinajstić information content (AvgIpc) is 3.32. The molecule has 1 heterocycles. The fourth-order valence-electron chi connectivity index (χ4n) is 2.59. The van der Waals surface area contributed by atoms with Crippen LogP contribution in [0.5, 0.6) is 11.6 Å². The van der Waals surface area contributed by atoms with Gasteiger partial charge in [-0.15, -0.1) is 0 Å². The lowest BCUT2D eigenvalue weighted by molar-refractivity contribution is 0.464. The summed E-state index contributed by atoms with van der Waals surface area (Å²) in [4.78, 5) is 4.45. The van der Waals surface area contributed by atoms with Gasteiger partial charge in [-0.05, 0) is 41.8 Å². The smallest absolute Gasteiger partial charge is 0.219 e. The quantitative estimate of drug-likeness (QED) is 0.668. The summed E-state index contributed by atoms with van der Waals surface area (Å²) in [5.74, 6) is 2.20. The van der Waals surface area contributed by atoms with E-state index in [0.29, 0.717) is 5.88 Å². The zero-order valence-electron chi connectivity index (χ0n) is 11.1. The lowest BCUT2D eigenvalue weighted by atomic mass is 10.0. The molecule has 2 heteroatoms. The Bertz CT molecular complexity index is 748. The minimum absolute atomic E-state index is 0.650. The predicted octanol–water partition coefficient (Wildman–Crippen LogP) is 4.90. The van der Waals surface area contributed by atoms with Crippen molar-refractivity contribution in [1.82, 2.24) is 4.98 Å². The van der Waals surface area contributed by atoms with Crippen LogP contribution >= 0.6 is 0 Å². The van der Waals surface area contributed by atoms with Crippen LogP contribution in [0.1, 0.15) is 24.3 Å². The van der Waals surface area contributed by atoms with E-state index in [1.807, 2.05) is 42.6 Å². The Kier molecular flexibility index (Phi) is 2.66. The summed E-state index contributed by atoms with van der Waals surface area (Å²) in [7, 11) is 0. The summed E-state index contributed by atoms with van der Waals surface area (Å²) in [5.41, 5.74) is 1.43. The van der Waals surface area contributed by atoms with Crippen LogP contribution in [-0.2, 0) is 0 Å². The maximum Gasteiger partial charge on any atom is 0.219 e. The van der Waals surface area contributed by atoms with Crippen LogP contribution in [0.25, 0.3) is 10.8 Å². The third kappa shape index (κ3) is 2.14. The average molecular weight is 261 g/mol. The van der Waals surface area contributed by atoms with Crippen LogP contribution in [0.15, 0.2) is 60.8 Å². The Morgan fingerprint density at radius 2 is 1.80 bits per heavy atom. The summed E-state index contributed by atoms with van der Waals surface area (Å²) in [5, 5.41) is 2.46. The Morgan fingerprint density at radius 1 is 0.950 bits per heavy atom. The molecule has 1 aliphatic carbocycles. The maximum atomic E-state index is 5.79. The molecular weight excluding hydrogens is 246 g/mol. The molecule has 0 bridgehead atoms. The number of rotatable bonds is 3. The molecule has 20 heavy (non-hydrogen) atoms. The molecule has 1 aromatic heterocycles. The number of fused-ring (bicyclic) bond motifs is 1. The third-order valence-corrected chi connectivity index (χ3v) is 3.76. The first-order valence-electron chi connectivity index (χ1n) is 7.02. The van der Waals surface area contributed by atoms with Crippen molar-refractivity contribution in [3.05, 3.63) is 66.4 Å². The van der Waals surface area contributed by atoms with E-state index >= 15 is 0 Å². The highest BCUT2D eigenvalue weighted by Crippen LogP contribution is 2.43. The van der Waals surface area contributed by atoms with Crippen molar-refractivity contribution in [3.63, 3.8) is 0 Å². The molecule has 98 valence electrons. The van der Waals surface area contributed by atoms with E-state index in [9.17, 15) is 0 Å². The zero-order chi connectivity index (χ0) is 13.4. The molecule has 2 aromatic carbocycles. The molecule has 0 unspecified atom stereocenters. The minimum atomic E-state index is 0.650. The molecule has 0 aliphatic heterocycles. The lowest BCUT2D eigenvalue weighted by Crippen LogP contribution is -1.89. The van der Waals surface area contributed by atoms with Crippen molar-refractivity contribution in [3.8, 4) is 11.6 Å². The largest absolute Gasteiger partial charge is 0.439 e. The normalized spacial score (nSPS) is 14.4. The van der Waals surface area contributed by atoms with Gasteiger partial charge in [0.25, 0.3) is 0 Å². The van der Waals surface area contributed by atoms with Gasteiger partial charge in [0, 0.05) is 17.6 Å². The second kappa shape index (κ2) is 4.64. The first-order valence-corrected chi connectivity index (χ1v) is 7.02. The minimum Gasteiger partial charge on any atom is -0.439 e. The molecule has 0 N–H and O–H groups in total. The van der Waals surface area contributed by atoms with Gasteiger partial charge in [0.2, 0.25) is 5.88 Å². The summed E-state index contributed by atoms with van der Waals surface area (Å²) in [6, 6.07) is 18.3. The highest BCUT2D eigenvalue weighted by Gasteiger charge is 2.25. The van der Waals surface area contributed by atoms with Crippen LogP contribution in [-0.4, -0.2) is 4.98 Å². The van der Waals surface area contributed by atoms with Crippen LogP contribution < -0.4 is 4.74 Å². The van der Waals surface area contributed by atoms with Gasteiger partial charge < -0.3 is 4.74 Å². The van der Waals surface area contributed by atoms with Gasteiger partial charge in [-0.3, -0.25) is 0 Å². The van der Waals surface area contributed by atoms with Crippen molar-refractivity contribution >= 4 is 10.8 Å². The number of benzene rings is 2. The van der Waals surface area contributed by atoms with E-state index in [-0.39, 0.29) is 0 Å². The van der Waals surface area contributed by atoms with Crippen molar-refractivity contribution in [2.75, 3.05) is 0 Å². The zero-order valence-corrected chi connectivity index (χ0v) is 11.1. The van der Waals surface area contributed by atoms with Gasteiger partial charge >= 0.3 is 0 Å². The molecule has 4 rings (SSSR count). The molecule has 0 saturated heterocycles. The van der Waals surface area contributed by atoms with E-state index in [0.717, 1.165) is 11.7 Å². The van der Waals surface area contributed by atoms with E-state index in [2.05, 4.69) is 23.2 Å². The number of hydrogen-bond donors (Lipinski definition) is 0. The molecule has 0 atom stereocenters. The number of ether oxygens (including phenoxy) is 1. The Balaban J connectivity index is 1.72. The fourth-order valence-corrected chi connectivity index (χ4v) is 2.59. The second-order valence-corrected chi connectivity index (χ2v) is 5.28. The fraction of sp³-hybridized carbons (Fsp3) is 0.167. The topological polar surface area (TPSA) is 22.1 Å². The predicted molar refractivity (Wildman–Crippen MR) is 80.2 cm³/mol. The Hall–Kier alpha value is -2.35. The van der Waals surface area contributed by atoms with Crippen molar-refractivity contribution in [1.29, 1.82) is 0 Å². The maximum absolute atomic E-state index is 5.79. The molecule has 1 fully saturated rings.